The van der Waals surface area contributed by atoms with Gasteiger partial charge in [-0.3, -0.25) is 0 Å². The molecule has 158 valence electrons. The minimum absolute atomic E-state index is 0.0502. The summed E-state index contributed by atoms with van der Waals surface area (Å²) in [6.45, 7) is 0. The van der Waals surface area contributed by atoms with Gasteiger partial charge in [0.2, 0.25) is 35.7 Å². The number of hydrogen-bond acceptors (Lipinski definition) is 15. The highest BCUT2D eigenvalue weighted by molar-refractivity contribution is 5.28. The quantitative estimate of drug-likeness (QED) is 0.244. The van der Waals surface area contributed by atoms with Crippen LogP contribution < -0.4 is 34.4 Å². The summed E-state index contributed by atoms with van der Waals surface area (Å²) in [5.74, 6) is 1.72. The minimum atomic E-state index is -0.117. The van der Waals surface area contributed by atoms with Crippen molar-refractivity contribution in [3.63, 3.8) is 0 Å². The molecule has 0 aliphatic carbocycles. The molecule has 0 saturated carbocycles. The van der Waals surface area contributed by atoms with Crippen molar-refractivity contribution in [3.05, 3.63) is 17.5 Å². The molecule has 3 heterocycles. The van der Waals surface area contributed by atoms with Gasteiger partial charge in [-0.05, 0) is 19.3 Å². The van der Waals surface area contributed by atoms with E-state index in [0.29, 0.717) is 49.6 Å². The van der Waals surface area contributed by atoms with Crippen molar-refractivity contribution in [2.45, 2.75) is 38.0 Å². The summed E-state index contributed by atoms with van der Waals surface area (Å²) in [4.78, 5) is 36.2. The van der Waals surface area contributed by atoms with Gasteiger partial charge in [-0.2, -0.15) is 44.9 Å². The van der Waals surface area contributed by atoms with E-state index in [1.807, 2.05) is 0 Å². The number of nitrogens with two attached hydrogens (primary N) is 6. The van der Waals surface area contributed by atoms with E-state index in [1.54, 1.807) is 0 Å². The normalized spacial score (nSPS) is 12.0. The van der Waals surface area contributed by atoms with E-state index >= 15 is 0 Å². The van der Waals surface area contributed by atoms with Crippen molar-refractivity contribution in [1.29, 1.82) is 0 Å². The van der Waals surface area contributed by atoms with Crippen molar-refractivity contribution in [3.8, 4) is 0 Å². The highest BCUT2D eigenvalue weighted by Gasteiger charge is 2.18. The van der Waals surface area contributed by atoms with Crippen LogP contribution in [0, 0.1) is 0 Å². The van der Waals surface area contributed by atoms with E-state index in [0.717, 1.165) is 0 Å². The number of aryl methyl sites for hydroxylation is 2. The minimum Gasteiger partial charge on any atom is -0.368 e. The molecule has 3 aromatic heterocycles. The summed E-state index contributed by atoms with van der Waals surface area (Å²) in [7, 11) is 0. The zero-order chi connectivity index (χ0) is 21.7. The Labute approximate surface area is 171 Å². The van der Waals surface area contributed by atoms with Crippen molar-refractivity contribution in [1.82, 2.24) is 44.9 Å². The van der Waals surface area contributed by atoms with Crippen LogP contribution in [0.15, 0.2) is 0 Å². The maximum atomic E-state index is 5.73. The Balaban J connectivity index is 1.73. The second-order valence-corrected chi connectivity index (χ2v) is 6.47. The molecule has 30 heavy (non-hydrogen) atoms. The van der Waals surface area contributed by atoms with Crippen LogP contribution in [0.5, 0.6) is 0 Å². The summed E-state index contributed by atoms with van der Waals surface area (Å²) >= 11 is 0. The van der Waals surface area contributed by atoms with E-state index in [2.05, 4.69) is 44.9 Å². The Hall–Kier alpha value is -4.17. The molecule has 0 aromatic carbocycles. The summed E-state index contributed by atoms with van der Waals surface area (Å²) in [6, 6.07) is 0. The summed E-state index contributed by atoms with van der Waals surface area (Å²) < 4.78 is 0. The van der Waals surface area contributed by atoms with Gasteiger partial charge < -0.3 is 34.4 Å². The number of nitrogens with zero attached hydrogens (tertiary/aromatic N) is 9. The Kier molecular flexibility index (Phi) is 6.09. The van der Waals surface area contributed by atoms with Crippen LogP contribution in [0.2, 0.25) is 0 Å². The van der Waals surface area contributed by atoms with Gasteiger partial charge in [-0.25, -0.2) is 0 Å². The first kappa shape index (κ1) is 20.6. The highest BCUT2D eigenvalue weighted by atomic mass is 15.2. The fourth-order valence-electron chi connectivity index (χ4n) is 2.96. The molecule has 0 amide bonds. The van der Waals surface area contributed by atoms with E-state index in [-0.39, 0.29) is 41.6 Å². The molecule has 15 heteroatoms. The lowest BCUT2D eigenvalue weighted by Crippen LogP contribution is -2.14. The van der Waals surface area contributed by atoms with Crippen molar-refractivity contribution < 1.29 is 0 Å². The number of rotatable bonds is 8. The van der Waals surface area contributed by atoms with Gasteiger partial charge in [0.25, 0.3) is 0 Å². The smallest absolute Gasteiger partial charge is 0.225 e. The van der Waals surface area contributed by atoms with Gasteiger partial charge in [0.1, 0.15) is 17.5 Å². The third-order valence-electron chi connectivity index (χ3n) is 4.15. The maximum Gasteiger partial charge on any atom is 0.225 e. The summed E-state index contributed by atoms with van der Waals surface area (Å²) in [5.41, 5.74) is 34.0. The van der Waals surface area contributed by atoms with E-state index < -0.39 is 0 Å². The zero-order valence-corrected chi connectivity index (χ0v) is 16.1. The molecule has 0 spiro atoms. The molecule has 1 atom stereocenters. The molecule has 15 nitrogen and oxygen atoms in total. The highest BCUT2D eigenvalue weighted by Crippen LogP contribution is 2.25. The van der Waals surface area contributed by atoms with Gasteiger partial charge >= 0.3 is 0 Å². The SMILES string of the molecule is Nc1nc(N)nc(CCCC(CCc2nc(N)nc(N)n2)c2nc(N)nc(N)n2)n1. The fourth-order valence-corrected chi connectivity index (χ4v) is 2.96. The van der Waals surface area contributed by atoms with Crippen LogP contribution in [0.3, 0.4) is 0 Å². The standard InChI is InChI=1S/C15H23N15/c16-10-22-7(23-11(17)28-10)3-1-2-6(9-26-14(20)30-15(21)27-9)4-5-8-24-12(18)29-13(19)25-8/h6H,1-5H2,(H4,16,17,22,23,28)(H4,18,19,24,25,29)(H4,20,21,26,27,30). The molecule has 12 N–H and O–H groups in total. The van der Waals surface area contributed by atoms with Crippen LogP contribution in [0.25, 0.3) is 0 Å². The molecule has 0 bridgehead atoms. The Morgan fingerprint density at radius 1 is 0.467 bits per heavy atom. The average Bonchev–Trinajstić information content (AvgIpc) is 2.62. The lowest BCUT2D eigenvalue weighted by atomic mass is 9.95. The van der Waals surface area contributed by atoms with Gasteiger partial charge in [-0.15, -0.1) is 0 Å². The first-order valence-corrected chi connectivity index (χ1v) is 9.07. The van der Waals surface area contributed by atoms with Crippen LogP contribution >= 0.6 is 0 Å². The molecule has 0 aliphatic rings. The van der Waals surface area contributed by atoms with Crippen molar-refractivity contribution >= 4 is 35.7 Å². The fraction of sp³-hybridized carbons (Fsp3) is 0.400. The third-order valence-corrected chi connectivity index (χ3v) is 4.15. The van der Waals surface area contributed by atoms with Crippen molar-refractivity contribution in [2.24, 2.45) is 0 Å². The zero-order valence-electron chi connectivity index (χ0n) is 16.1. The van der Waals surface area contributed by atoms with E-state index in [4.69, 9.17) is 34.4 Å². The molecule has 3 rings (SSSR count). The van der Waals surface area contributed by atoms with Crippen molar-refractivity contribution in [2.75, 3.05) is 34.4 Å². The molecule has 0 aliphatic heterocycles. The Morgan fingerprint density at radius 2 is 0.867 bits per heavy atom. The van der Waals surface area contributed by atoms with Gasteiger partial charge in [0.05, 0.1) is 0 Å². The molecular weight excluding hydrogens is 390 g/mol. The number of aromatic nitrogens is 9. The molecule has 3 aromatic rings. The second-order valence-electron chi connectivity index (χ2n) is 6.47. The average molecular weight is 413 g/mol. The van der Waals surface area contributed by atoms with Crippen LogP contribution in [-0.4, -0.2) is 44.9 Å². The van der Waals surface area contributed by atoms with Gasteiger partial charge in [-0.1, -0.05) is 0 Å². The lowest BCUT2D eigenvalue weighted by Gasteiger charge is -2.16. The first-order valence-electron chi connectivity index (χ1n) is 9.07. The molecule has 1 unspecified atom stereocenters. The number of hydrogen-bond donors (Lipinski definition) is 6. The molecule has 0 radical (unpaired) electrons. The number of nitrogen functional groups attached to an aromatic ring is 6. The first-order chi connectivity index (χ1) is 14.3. The Morgan fingerprint density at radius 3 is 1.33 bits per heavy atom. The second kappa shape index (κ2) is 8.89. The predicted molar refractivity (Wildman–Crippen MR) is 110 cm³/mol. The maximum absolute atomic E-state index is 5.73. The predicted octanol–water partition coefficient (Wildman–Crippen LogP) is -1.53. The van der Waals surface area contributed by atoms with E-state index in [1.165, 1.54) is 0 Å². The topological polar surface area (TPSA) is 272 Å². The van der Waals surface area contributed by atoms with Crippen LogP contribution in [0.1, 0.15) is 42.7 Å². The summed E-state index contributed by atoms with van der Waals surface area (Å²) in [6.07, 6.45) is 2.96. The van der Waals surface area contributed by atoms with E-state index in [9.17, 15) is 0 Å². The van der Waals surface area contributed by atoms with Gasteiger partial charge in [0.15, 0.2) is 0 Å². The molecule has 0 fully saturated rings. The Bertz CT molecular complexity index is 962. The molecule has 0 saturated heterocycles. The monoisotopic (exact) mass is 413 g/mol. The summed E-state index contributed by atoms with van der Waals surface area (Å²) in [5, 5.41) is 0. The van der Waals surface area contributed by atoms with Crippen LogP contribution in [-0.2, 0) is 12.8 Å². The van der Waals surface area contributed by atoms with Gasteiger partial charge in [0, 0.05) is 18.8 Å². The molecular formula is C15H23N15. The largest absolute Gasteiger partial charge is 0.368 e. The van der Waals surface area contributed by atoms with Crippen LogP contribution in [0.4, 0.5) is 35.7 Å². The third kappa shape index (κ3) is 5.66. The lowest BCUT2D eigenvalue weighted by molar-refractivity contribution is 0.516. The number of anilines is 6.